The Bertz CT molecular complexity index is 642. The van der Waals surface area contributed by atoms with Gasteiger partial charge in [-0.05, 0) is 60.5 Å². The monoisotopic (exact) mass is 300 g/mol. The molecule has 0 radical (unpaired) electrons. The predicted molar refractivity (Wildman–Crippen MR) is 87.8 cm³/mol. The molecule has 0 saturated carbocycles. The molecule has 1 N–H and O–H groups in total. The first-order valence-electron chi connectivity index (χ1n) is 7.27. The number of nitrogens with zero attached hydrogens (tertiary/aromatic N) is 1. The van der Waals surface area contributed by atoms with Crippen LogP contribution in [0.3, 0.4) is 0 Å². The summed E-state index contributed by atoms with van der Waals surface area (Å²) in [6, 6.07) is 8.42. The summed E-state index contributed by atoms with van der Waals surface area (Å²) < 4.78 is 0. The molecule has 1 aliphatic rings. The number of fused-ring (bicyclic) bond motifs is 1. The largest absolute Gasteiger partial charge is 0.376 e. The third-order valence-corrected chi connectivity index (χ3v) is 4.85. The topological polar surface area (TPSA) is 32.3 Å². The van der Waals surface area contributed by atoms with Gasteiger partial charge in [0.25, 0.3) is 0 Å². The molecule has 0 fully saturated rings. The molecule has 2 aromatic rings. The minimum atomic E-state index is 0.172. The Morgan fingerprint density at radius 1 is 1.29 bits per heavy atom. The van der Waals surface area contributed by atoms with E-state index >= 15 is 0 Å². The van der Waals surface area contributed by atoms with Gasteiger partial charge < -0.3 is 10.2 Å². The molecule has 1 amide bonds. The van der Waals surface area contributed by atoms with Crippen LogP contribution < -0.4 is 5.32 Å². The van der Waals surface area contributed by atoms with E-state index in [4.69, 9.17) is 0 Å². The summed E-state index contributed by atoms with van der Waals surface area (Å²) >= 11 is 1.80. The summed E-state index contributed by atoms with van der Waals surface area (Å²) in [5, 5.41) is 5.37. The Morgan fingerprint density at radius 3 is 2.81 bits per heavy atom. The van der Waals surface area contributed by atoms with Crippen LogP contribution >= 0.6 is 11.3 Å². The molecule has 0 aliphatic carbocycles. The van der Waals surface area contributed by atoms with E-state index in [0.717, 1.165) is 25.2 Å². The molecule has 0 bridgehead atoms. The van der Waals surface area contributed by atoms with Crippen LogP contribution in [-0.2, 0) is 17.8 Å². The van der Waals surface area contributed by atoms with Gasteiger partial charge in [-0.15, -0.1) is 11.3 Å². The van der Waals surface area contributed by atoms with Crippen molar-refractivity contribution in [2.24, 2.45) is 0 Å². The van der Waals surface area contributed by atoms with Crippen molar-refractivity contribution in [1.29, 1.82) is 0 Å². The van der Waals surface area contributed by atoms with Crippen LogP contribution in [0.25, 0.3) is 0 Å². The summed E-state index contributed by atoms with van der Waals surface area (Å²) in [7, 11) is 0. The third-order valence-electron chi connectivity index (χ3n) is 3.83. The highest BCUT2D eigenvalue weighted by molar-refractivity contribution is 7.10. The first-order chi connectivity index (χ1) is 10.1. The SMILES string of the molecule is Cc1cc(C)cc(NCC(=O)N2CCc3sccc3C2)c1. The lowest BCUT2D eigenvalue weighted by Gasteiger charge is -2.27. The fourth-order valence-corrected chi connectivity index (χ4v) is 3.72. The Morgan fingerprint density at radius 2 is 2.05 bits per heavy atom. The Balaban J connectivity index is 1.60. The third kappa shape index (κ3) is 3.27. The number of hydrogen-bond acceptors (Lipinski definition) is 3. The summed E-state index contributed by atoms with van der Waals surface area (Å²) in [6.45, 7) is 6.10. The molecule has 4 heteroatoms. The molecule has 1 aromatic heterocycles. The zero-order valence-corrected chi connectivity index (χ0v) is 13.3. The summed E-state index contributed by atoms with van der Waals surface area (Å²) in [4.78, 5) is 15.7. The number of benzene rings is 1. The van der Waals surface area contributed by atoms with Crippen molar-refractivity contribution in [2.45, 2.75) is 26.8 Å². The highest BCUT2D eigenvalue weighted by atomic mass is 32.1. The quantitative estimate of drug-likeness (QED) is 0.942. The zero-order valence-electron chi connectivity index (χ0n) is 12.5. The number of nitrogens with one attached hydrogen (secondary N) is 1. The highest BCUT2D eigenvalue weighted by Crippen LogP contribution is 2.24. The molecule has 0 unspecified atom stereocenters. The minimum Gasteiger partial charge on any atom is -0.376 e. The molecule has 3 nitrogen and oxygen atoms in total. The lowest BCUT2D eigenvalue weighted by molar-refractivity contribution is -0.130. The van der Waals surface area contributed by atoms with E-state index in [9.17, 15) is 4.79 Å². The van der Waals surface area contributed by atoms with Crippen molar-refractivity contribution in [3.05, 3.63) is 51.2 Å². The molecule has 21 heavy (non-hydrogen) atoms. The van der Waals surface area contributed by atoms with Crippen LogP contribution in [0.1, 0.15) is 21.6 Å². The minimum absolute atomic E-state index is 0.172. The van der Waals surface area contributed by atoms with Crippen molar-refractivity contribution >= 4 is 22.9 Å². The van der Waals surface area contributed by atoms with E-state index in [1.165, 1.54) is 21.6 Å². The second-order valence-electron chi connectivity index (χ2n) is 5.66. The molecule has 1 aromatic carbocycles. The molecule has 0 saturated heterocycles. The number of aryl methyl sites for hydroxylation is 2. The summed E-state index contributed by atoms with van der Waals surface area (Å²) in [5.74, 6) is 0.172. The van der Waals surface area contributed by atoms with Crippen molar-refractivity contribution in [2.75, 3.05) is 18.4 Å². The second kappa shape index (κ2) is 5.90. The fourth-order valence-electron chi connectivity index (χ4n) is 2.83. The average Bonchev–Trinajstić information content (AvgIpc) is 2.91. The van der Waals surface area contributed by atoms with Crippen LogP contribution in [-0.4, -0.2) is 23.9 Å². The number of carbonyl (C=O) groups is 1. The van der Waals surface area contributed by atoms with Crippen LogP contribution in [0.2, 0.25) is 0 Å². The van der Waals surface area contributed by atoms with Crippen molar-refractivity contribution < 1.29 is 4.79 Å². The van der Waals surface area contributed by atoms with Crippen LogP contribution in [0.4, 0.5) is 5.69 Å². The summed E-state index contributed by atoms with van der Waals surface area (Å²) in [5.41, 5.74) is 4.76. The van der Waals surface area contributed by atoms with Gasteiger partial charge in [-0.25, -0.2) is 0 Å². The van der Waals surface area contributed by atoms with Crippen LogP contribution in [0.5, 0.6) is 0 Å². The predicted octanol–water partition coefficient (Wildman–Crippen LogP) is 3.36. The Labute approximate surface area is 129 Å². The number of thiophene rings is 1. The van der Waals surface area contributed by atoms with Gasteiger partial charge >= 0.3 is 0 Å². The van der Waals surface area contributed by atoms with E-state index in [1.807, 2.05) is 4.90 Å². The first kappa shape index (κ1) is 14.1. The van der Waals surface area contributed by atoms with Gasteiger partial charge in [0.05, 0.1) is 6.54 Å². The maximum absolute atomic E-state index is 12.3. The van der Waals surface area contributed by atoms with Gasteiger partial charge in [0.1, 0.15) is 0 Å². The average molecular weight is 300 g/mol. The first-order valence-corrected chi connectivity index (χ1v) is 8.15. The van der Waals surface area contributed by atoms with Crippen molar-refractivity contribution in [1.82, 2.24) is 4.90 Å². The maximum Gasteiger partial charge on any atom is 0.242 e. The molecule has 1 aliphatic heterocycles. The summed E-state index contributed by atoms with van der Waals surface area (Å²) in [6.07, 6.45) is 0.988. The number of rotatable bonds is 3. The van der Waals surface area contributed by atoms with Crippen molar-refractivity contribution in [3.8, 4) is 0 Å². The van der Waals surface area contributed by atoms with Gasteiger partial charge in [0.15, 0.2) is 0 Å². The van der Waals surface area contributed by atoms with Crippen molar-refractivity contribution in [3.63, 3.8) is 0 Å². The number of amides is 1. The molecular formula is C17H20N2OS. The molecule has 2 heterocycles. The smallest absolute Gasteiger partial charge is 0.242 e. The number of anilines is 1. The Hall–Kier alpha value is -1.81. The molecule has 3 rings (SSSR count). The molecular weight excluding hydrogens is 280 g/mol. The maximum atomic E-state index is 12.3. The standard InChI is InChI=1S/C17H20N2OS/c1-12-7-13(2)9-15(8-12)18-10-17(20)19-5-3-16-14(11-19)4-6-21-16/h4,6-9,18H,3,5,10-11H2,1-2H3. The van der Waals surface area contributed by atoms with Gasteiger partial charge in [-0.3, -0.25) is 4.79 Å². The second-order valence-corrected chi connectivity index (χ2v) is 6.66. The number of hydrogen-bond donors (Lipinski definition) is 1. The van der Waals surface area contributed by atoms with Gasteiger partial charge in [0, 0.05) is 23.7 Å². The van der Waals surface area contributed by atoms with Crippen LogP contribution in [0, 0.1) is 13.8 Å². The zero-order chi connectivity index (χ0) is 14.8. The van der Waals surface area contributed by atoms with E-state index in [-0.39, 0.29) is 5.91 Å². The highest BCUT2D eigenvalue weighted by Gasteiger charge is 2.20. The van der Waals surface area contributed by atoms with E-state index in [2.05, 4.69) is 48.8 Å². The van der Waals surface area contributed by atoms with E-state index in [0.29, 0.717) is 6.54 Å². The van der Waals surface area contributed by atoms with Crippen LogP contribution in [0.15, 0.2) is 29.6 Å². The fraction of sp³-hybridized carbons (Fsp3) is 0.353. The van der Waals surface area contributed by atoms with E-state index in [1.54, 1.807) is 11.3 Å². The van der Waals surface area contributed by atoms with Gasteiger partial charge in [-0.2, -0.15) is 0 Å². The van der Waals surface area contributed by atoms with E-state index < -0.39 is 0 Å². The lowest BCUT2D eigenvalue weighted by Crippen LogP contribution is -2.38. The molecule has 0 atom stereocenters. The van der Waals surface area contributed by atoms with Gasteiger partial charge in [0.2, 0.25) is 5.91 Å². The number of carbonyl (C=O) groups excluding carboxylic acids is 1. The lowest BCUT2D eigenvalue weighted by atomic mass is 10.1. The molecule has 0 spiro atoms. The van der Waals surface area contributed by atoms with Gasteiger partial charge in [-0.1, -0.05) is 6.07 Å². The Kier molecular flexibility index (Phi) is 3.97. The molecule has 110 valence electrons. The normalized spacial score (nSPS) is 13.9.